The predicted molar refractivity (Wildman–Crippen MR) is 64.7 cm³/mol. The highest BCUT2D eigenvalue weighted by molar-refractivity contribution is 5.53. The van der Waals surface area contributed by atoms with Crippen LogP contribution in [0.3, 0.4) is 0 Å². The Morgan fingerprint density at radius 3 is 2.69 bits per heavy atom. The number of benzene rings is 1. The molecular formula is C14H19NO. The highest BCUT2D eigenvalue weighted by atomic mass is 16.3. The van der Waals surface area contributed by atoms with E-state index in [0.29, 0.717) is 5.75 Å². The van der Waals surface area contributed by atoms with Crippen LogP contribution >= 0.6 is 0 Å². The highest BCUT2D eigenvalue weighted by Gasteiger charge is 2.50. The Balaban J connectivity index is 2.17. The summed E-state index contributed by atoms with van der Waals surface area (Å²) in [7, 11) is 0. The van der Waals surface area contributed by atoms with E-state index in [9.17, 15) is 5.11 Å². The molecule has 1 aromatic rings. The van der Waals surface area contributed by atoms with Gasteiger partial charge in [-0.05, 0) is 56.2 Å². The summed E-state index contributed by atoms with van der Waals surface area (Å²) in [5, 5.41) is 10.1. The second-order valence-electron chi connectivity index (χ2n) is 5.40. The molecule has 1 unspecified atom stereocenters. The molecule has 0 radical (unpaired) electrons. The van der Waals surface area contributed by atoms with Gasteiger partial charge in [0, 0.05) is 17.0 Å². The molecule has 1 atom stereocenters. The lowest BCUT2D eigenvalue weighted by Crippen LogP contribution is -2.32. The van der Waals surface area contributed by atoms with Crippen LogP contribution in [0.4, 0.5) is 0 Å². The molecule has 0 bridgehead atoms. The number of phenolic OH excluding ortho intramolecular Hbond substituents is 1. The lowest BCUT2D eigenvalue weighted by Gasteiger charge is -2.24. The minimum atomic E-state index is 0.0831. The molecule has 0 heterocycles. The van der Waals surface area contributed by atoms with Crippen LogP contribution in [-0.2, 0) is 18.3 Å². The fourth-order valence-corrected chi connectivity index (χ4v) is 3.28. The van der Waals surface area contributed by atoms with Crippen molar-refractivity contribution in [3.05, 3.63) is 28.8 Å². The normalized spacial score (nSPS) is 22.9. The number of aromatic hydroxyl groups is 1. The largest absolute Gasteiger partial charge is 0.508 e. The number of fused-ring (bicyclic) bond motifs is 1. The number of hydrogen-bond acceptors (Lipinski definition) is 2. The van der Waals surface area contributed by atoms with Crippen molar-refractivity contribution in [2.24, 2.45) is 5.73 Å². The Morgan fingerprint density at radius 2 is 2.06 bits per heavy atom. The van der Waals surface area contributed by atoms with Crippen molar-refractivity contribution in [3.63, 3.8) is 0 Å². The Labute approximate surface area is 96.5 Å². The minimum absolute atomic E-state index is 0.0831. The zero-order valence-electron chi connectivity index (χ0n) is 9.79. The van der Waals surface area contributed by atoms with Gasteiger partial charge in [0.1, 0.15) is 5.75 Å². The van der Waals surface area contributed by atoms with Crippen LogP contribution in [0.25, 0.3) is 0 Å². The van der Waals surface area contributed by atoms with Crippen molar-refractivity contribution in [1.29, 1.82) is 0 Å². The van der Waals surface area contributed by atoms with Gasteiger partial charge in [-0.1, -0.05) is 6.07 Å². The highest BCUT2D eigenvalue weighted by Crippen LogP contribution is 2.55. The van der Waals surface area contributed by atoms with E-state index in [0.717, 1.165) is 25.7 Å². The first-order valence-electron chi connectivity index (χ1n) is 6.25. The van der Waals surface area contributed by atoms with Crippen LogP contribution in [-0.4, -0.2) is 11.1 Å². The van der Waals surface area contributed by atoms with Crippen LogP contribution in [0.2, 0.25) is 0 Å². The van der Waals surface area contributed by atoms with Gasteiger partial charge in [-0.15, -0.1) is 0 Å². The van der Waals surface area contributed by atoms with Gasteiger partial charge in [0.05, 0.1) is 0 Å². The number of nitrogens with two attached hydrogens (primary N) is 1. The summed E-state index contributed by atoms with van der Waals surface area (Å²) in [4.78, 5) is 0. The standard InChI is InChI=1S/C14H19NO/c1-9(15)14(7-8-14)13-11-4-2-3-10(11)5-6-12(13)16/h5-6,9,16H,2-4,7-8,15H2,1H3. The molecule has 0 amide bonds. The maximum Gasteiger partial charge on any atom is 0.119 e. The molecule has 1 saturated carbocycles. The third-order valence-electron chi connectivity index (χ3n) is 4.42. The van der Waals surface area contributed by atoms with Crippen LogP contribution in [0.5, 0.6) is 5.75 Å². The van der Waals surface area contributed by atoms with Crippen molar-refractivity contribution in [2.45, 2.75) is 50.5 Å². The molecule has 16 heavy (non-hydrogen) atoms. The Morgan fingerprint density at radius 1 is 1.31 bits per heavy atom. The van der Waals surface area contributed by atoms with Crippen LogP contribution in [0.15, 0.2) is 12.1 Å². The third-order valence-corrected chi connectivity index (χ3v) is 4.42. The summed E-state index contributed by atoms with van der Waals surface area (Å²) in [5.41, 5.74) is 10.2. The van der Waals surface area contributed by atoms with Gasteiger partial charge in [0.2, 0.25) is 0 Å². The second kappa shape index (κ2) is 3.24. The van der Waals surface area contributed by atoms with Crippen LogP contribution in [0.1, 0.15) is 42.9 Å². The molecule has 3 N–H and O–H groups in total. The van der Waals surface area contributed by atoms with E-state index >= 15 is 0 Å². The molecule has 86 valence electrons. The van der Waals surface area contributed by atoms with Crippen molar-refractivity contribution in [3.8, 4) is 5.75 Å². The van der Waals surface area contributed by atoms with Gasteiger partial charge in [0.25, 0.3) is 0 Å². The molecule has 2 aliphatic rings. The SMILES string of the molecule is CC(N)C1(c2c(O)ccc3c2CCC3)CC1. The maximum atomic E-state index is 10.1. The monoisotopic (exact) mass is 217 g/mol. The molecule has 0 spiro atoms. The van der Waals surface area contributed by atoms with E-state index in [-0.39, 0.29) is 11.5 Å². The summed E-state index contributed by atoms with van der Waals surface area (Å²) in [5.74, 6) is 0.468. The molecule has 3 rings (SSSR count). The predicted octanol–water partition coefficient (Wildman–Crippen LogP) is 2.26. The van der Waals surface area contributed by atoms with Crippen molar-refractivity contribution >= 4 is 0 Å². The van der Waals surface area contributed by atoms with Gasteiger partial charge < -0.3 is 10.8 Å². The quantitative estimate of drug-likeness (QED) is 0.798. The zero-order chi connectivity index (χ0) is 11.3. The van der Waals surface area contributed by atoms with Gasteiger partial charge in [0.15, 0.2) is 0 Å². The first-order chi connectivity index (χ1) is 7.65. The molecule has 1 aromatic carbocycles. The van der Waals surface area contributed by atoms with E-state index in [4.69, 9.17) is 5.73 Å². The number of hydrogen-bond donors (Lipinski definition) is 2. The summed E-state index contributed by atoms with van der Waals surface area (Å²) in [6.45, 7) is 2.07. The van der Waals surface area contributed by atoms with E-state index in [1.807, 2.05) is 6.07 Å². The summed E-state index contributed by atoms with van der Waals surface area (Å²) < 4.78 is 0. The van der Waals surface area contributed by atoms with E-state index in [1.54, 1.807) is 0 Å². The van der Waals surface area contributed by atoms with Crippen molar-refractivity contribution < 1.29 is 5.11 Å². The summed E-state index contributed by atoms with van der Waals surface area (Å²) >= 11 is 0. The van der Waals surface area contributed by atoms with E-state index in [1.165, 1.54) is 23.1 Å². The molecule has 0 saturated heterocycles. The first kappa shape index (κ1) is 10.2. The fourth-order valence-electron chi connectivity index (χ4n) is 3.28. The topological polar surface area (TPSA) is 46.2 Å². The van der Waals surface area contributed by atoms with E-state index in [2.05, 4.69) is 13.0 Å². The smallest absolute Gasteiger partial charge is 0.119 e. The minimum Gasteiger partial charge on any atom is -0.508 e. The average molecular weight is 217 g/mol. The van der Waals surface area contributed by atoms with Crippen LogP contribution in [0, 0.1) is 0 Å². The van der Waals surface area contributed by atoms with Gasteiger partial charge in [-0.3, -0.25) is 0 Å². The molecule has 2 nitrogen and oxygen atoms in total. The molecular weight excluding hydrogens is 198 g/mol. The van der Waals surface area contributed by atoms with Gasteiger partial charge >= 0.3 is 0 Å². The first-order valence-corrected chi connectivity index (χ1v) is 6.25. The Kier molecular flexibility index (Phi) is 2.05. The lowest BCUT2D eigenvalue weighted by atomic mass is 9.84. The lowest BCUT2D eigenvalue weighted by molar-refractivity contribution is 0.444. The van der Waals surface area contributed by atoms with Crippen LogP contribution < -0.4 is 5.73 Å². The molecule has 2 aliphatic carbocycles. The van der Waals surface area contributed by atoms with Gasteiger partial charge in [-0.2, -0.15) is 0 Å². The maximum absolute atomic E-state index is 10.1. The molecule has 0 aromatic heterocycles. The zero-order valence-corrected chi connectivity index (χ0v) is 9.79. The number of rotatable bonds is 2. The average Bonchev–Trinajstić information content (AvgIpc) is 2.90. The summed E-state index contributed by atoms with van der Waals surface area (Å²) in [6, 6.07) is 4.09. The molecule has 1 fully saturated rings. The van der Waals surface area contributed by atoms with E-state index < -0.39 is 0 Å². The van der Waals surface area contributed by atoms with Crippen molar-refractivity contribution in [1.82, 2.24) is 0 Å². The third kappa shape index (κ3) is 1.23. The Hall–Kier alpha value is -1.02. The number of aryl methyl sites for hydroxylation is 1. The second-order valence-corrected chi connectivity index (χ2v) is 5.40. The fraction of sp³-hybridized carbons (Fsp3) is 0.571. The molecule has 2 heteroatoms. The summed E-state index contributed by atoms with van der Waals surface area (Å²) in [6.07, 6.45) is 5.77. The Bertz CT molecular complexity index is 433. The van der Waals surface area contributed by atoms with Crippen molar-refractivity contribution in [2.75, 3.05) is 0 Å². The number of phenols is 1. The molecule has 0 aliphatic heterocycles. The van der Waals surface area contributed by atoms with Gasteiger partial charge in [-0.25, -0.2) is 0 Å².